The Morgan fingerprint density at radius 3 is 2.53 bits per heavy atom. The van der Waals surface area contributed by atoms with Crippen LogP contribution in [0, 0.1) is 12.8 Å². The van der Waals surface area contributed by atoms with Crippen LogP contribution in [0.4, 0.5) is 11.4 Å². The molecule has 1 unspecified atom stereocenters. The first-order chi connectivity index (χ1) is 14.5. The lowest BCUT2D eigenvalue weighted by molar-refractivity contribution is -0.120. The lowest BCUT2D eigenvalue weighted by Gasteiger charge is -2.21. The van der Waals surface area contributed by atoms with E-state index in [0.717, 1.165) is 59.5 Å². The van der Waals surface area contributed by atoms with Crippen LogP contribution in [-0.2, 0) is 16.0 Å². The number of aryl methyl sites for hydroxylation is 2. The Kier molecular flexibility index (Phi) is 7.97. The average molecular weight is 425 g/mol. The van der Waals surface area contributed by atoms with E-state index < -0.39 is 0 Å². The Morgan fingerprint density at radius 2 is 1.80 bits per heavy atom. The minimum Gasteiger partial charge on any atom is -0.326 e. The van der Waals surface area contributed by atoms with E-state index in [1.807, 2.05) is 50.2 Å². The van der Waals surface area contributed by atoms with Gasteiger partial charge < -0.3 is 10.6 Å². The second kappa shape index (κ2) is 10.7. The molecule has 2 N–H and O–H groups in total. The van der Waals surface area contributed by atoms with Crippen LogP contribution in [0.3, 0.4) is 0 Å². The third-order valence-electron chi connectivity index (χ3n) is 5.75. The number of rotatable bonds is 7. The summed E-state index contributed by atoms with van der Waals surface area (Å²) in [6, 6.07) is 13.9. The van der Waals surface area contributed by atoms with Crippen molar-refractivity contribution < 1.29 is 9.59 Å². The fraction of sp³-hybridized carbons (Fsp3) is 0.440. The standard InChI is InChI=1S/C25H32N2O2S/c1-4-19-13-8-10-17(2)23(19)27-24(28)18(3)30-22-15-9-14-21(16-22)26-25(29)20-11-6-5-7-12-20/h8-10,13-16,18,20H,4-7,11-12H2,1-3H3,(H,26,29)(H,27,28). The number of para-hydroxylation sites is 1. The van der Waals surface area contributed by atoms with Gasteiger partial charge in [-0.05, 0) is 62.4 Å². The Bertz CT molecular complexity index is 890. The van der Waals surface area contributed by atoms with E-state index in [-0.39, 0.29) is 23.0 Å². The molecule has 0 saturated heterocycles. The summed E-state index contributed by atoms with van der Waals surface area (Å²) in [6.07, 6.45) is 6.36. The van der Waals surface area contributed by atoms with E-state index in [1.54, 1.807) is 0 Å². The van der Waals surface area contributed by atoms with Crippen molar-refractivity contribution in [1.29, 1.82) is 0 Å². The van der Waals surface area contributed by atoms with E-state index in [9.17, 15) is 9.59 Å². The maximum absolute atomic E-state index is 12.8. The van der Waals surface area contributed by atoms with Gasteiger partial charge >= 0.3 is 0 Å². The highest BCUT2D eigenvalue weighted by Crippen LogP contribution is 2.29. The van der Waals surface area contributed by atoms with E-state index in [0.29, 0.717) is 0 Å². The van der Waals surface area contributed by atoms with E-state index in [1.165, 1.54) is 18.2 Å². The molecule has 0 spiro atoms. The second-order valence-corrected chi connectivity index (χ2v) is 9.48. The van der Waals surface area contributed by atoms with Gasteiger partial charge in [0.25, 0.3) is 0 Å². The summed E-state index contributed by atoms with van der Waals surface area (Å²) in [7, 11) is 0. The van der Waals surface area contributed by atoms with Crippen molar-refractivity contribution in [2.45, 2.75) is 69.4 Å². The van der Waals surface area contributed by atoms with Gasteiger partial charge in [-0.1, -0.05) is 50.5 Å². The zero-order valence-corrected chi connectivity index (χ0v) is 19.0. The number of amides is 2. The minimum atomic E-state index is -0.251. The van der Waals surface area contributed by atoms with Crippen molar-refractivity contribution in [3.8, 4) is 0 Å². The highest BCUT2D eigenvalue weighted by atomic mass is 32.2. The predicted molar refractivity (Wildman–Crippen MR) is 126 cm³/mol. The predicted octanol–water partition coefficient (Wildman–Crippen LogP) is 6.20. The number of nitrogens with one attached hydrogen (secondary N) is 2. The number of carbonyl (C=O) groups is 2. The topological polar surface area (TPSA) is 58.2 Å². The molecule has 0 bridgehead atoms. The highest BCUT2D eigenvalue weighted by Gasteiger charge is 2.21. The average Bonchev–Trinajstić information content (AvgIpc) is 2.75. The van der Waals surface area contributed by atoms with Gasteiger partial charge in [-0.2, -0.15) is 0 Å². The van der Waals surface area contributed by atoms with Gasteiger partial charge in [0.1, 0.15) is 0 Å². The normalized spacial score (nSPS) is 15.4. The molecule has 1 saturated carbocycles. The zero-order chi connectivity index (χ0) is 21.5. The van der Waals surface area contributed by atoms with Gasteiger partial charge in [0.2, 0.25) is 11.8 Å². The Hall–Kier alpha value is -2.27. The third kappa shape index (κ3) is 5.88. The summed E-state index contributed by atoms with van der Waals surface area (Å²) in [5, 5.41) is 5.92. The van der Waals surface area contributed by atoms with E-state index >= 15 is 0 Å². The van der Waals surface area contributed by atoms with Gasteiger partial charge in [0.15, 0.2) is 0 Å². The number of anilines is 2. The first-order valence-corrected chi connectivity index (χ1v) is 11.8. The van der Waals surface area contributed by atoms with Crippen molar-refractivity contribution in [2.75, 3.05) is 10.6 Å². The number of thioether (sulfide) groups is 1. The largest absolute Gasteiger partial charge is 0.326 e. The van der Waals surface area contributed by atoms with Crippen LogP contribution >= 0.6 is 11.8 Å². The van der Waals surface area contributed by atoms with E-state index in [4.69, 9.17) is 0 Å². The summed E-state index contributed by atoms with van der Waals surface area (Å²) in [4.78, 5) is 26.3. The molecule has 4 nitrogen and oxygen atoms in total. The molecule has 3 rings (SSSR count). The smallest absolute Gasteiger partial charge is 0.237 e. The molecule has 0 aromatic heterocycles. The van der Waals surface area contributed by atoms with Crippen LogP contribution < -0.4 is 10.6 Å². The van der Waals surface area contributed by atoms with Gasteiger partial charge in [-0.15, -0.1) is 11.8 Å². The summed E-state index contributed by atoms with van der Waals surface area (Å²) in [6.45, 7) is 6.03. The van der Waals surface area contributed by atoms with Crippen molar-refractivity contribution >= 4 is 35.0 Å². The molecule has 1 fully saturated rings. The summed E-state index contributed by atoms with van der Waals surface area (Å²) in [5.74, 6) is 0.233. The molecule has 0 heterocycles. The van der Waals surface area contributed by atoms with Crippen LogP contribution in [0.15, 0.2) is 47.4 Å². The fourth-order valence-corrected chi connectivity index (χ4v) is 4.87. The molecule has 1 atom stereocenters. The van der Waals surface area contributed by atoms with Gasteiger partial charge in [0, 0.05) is 22.2 Å². The highest BCUT2D eigenvalue weighted by molar-refractivity contribution is 8.00. The van der Waals surface area contributed by atoms with Crippen molar-refractivity contribution in [3.63, 3.8) is 0 Å². The maximum Gasteiger partial charge on any atom is 0.237 e. The van der Waals surface area contributed by atoms with Crippen LogP contribution in [0.2, 0.25) is 0 Å². The molecule has 1 aliphatic rings. The number of hydrogen-bond donors (Lipinski definition) is 2. The zero-order valence-electron chi connectivity index (χ0n) is 18.2. The van der Waals surface area contributed by atoms with Crippen LogP contribution in [-0.4, -0.2) is 17.1 Å². The molecule has 30 heavy (non-hydrogen) atoms. The van der Waals surface area contributed by atoms with E-state index in [2.05, 4.69) is 23.6 Å². The molecule has 2 amide bonds. The molecule has 0 radical (unpaired) electrons. The van der Waals surface area contributed by atoms with Gasteiger partial charge in [-0.25, -0.2) is 0 Å². The number of benzene rings is 2. The molecule has 0 aliphatic heterocycles. The molecule has 160 valence electrons. The first-order valence-electron chi connectivity index (χ1n) is 10.9. The molecule has 1 aliphatic carbocycles. The SMILES string of the molecule is CCc1cccc(C)c1NC(=O)C(C)Sc1cccc(NC(=O)C2CCCCC2)c1. The third-order valence-corrected chi connectivity index (χ3v) is 6.84. The van der Waals surface area contributed by atoms with Gasteiger partial charge in [-0.3, -0.25) is 9.59 Å². The molecule has 2 aromatic carbocycles. The summed E-state index contributed by atoms with van der Waals surface area (Å²) in [5.41, 5.74) is 3.95. The van der Waals surface area contributed by atoms with Crippen molar-refractivity contribution in [1.82, 2.24) is 0 Å². The summed E-state index contributed by atoms with van der Waals surface area (Å²) < 4.78 is 0. The number of hydrogen-bond acceptors (Lipinski definition) is 3. The maximum atomic E-state index is 12.8. The molecule has 2 aromatic rings. The van der Waals surface area contributed by atoms with Gasteiger partial charge in [0.05, 0.1) is 5.25 Å². The molecular formula is C25H32N2O2S. The van der Waals surface area contributed by atoms with Crippen LogP contribution in [0.25, 0.3) is 0 Å². The Balaban J connectivity index is 1.61. The van der Waals surface area contributed by atoms with Crippen molar-refractivity contribution in [2.24, 2.45) is 5.92 Å². The fourth-order valence-electron chi connectivity index (χ4n) is 3.94. The minimum absolute atomic E-state index is 0.0133. The molecular weight excluding hydrogens is 392 g/mol. The second-order valence-electron chi connectivity index (χ2n) is 8.06. The van der Waals surface area contributed by atoms with Crippen LogP contribution in [0.5, 0.6) is 0 Å². The number of carbonyl (C=O) groups excluding carboxylic acids is 2. The summed E-state index contributed by atoms with van der Waals surface area (Å²) >= 11 is 1.50. The quantitative estimate of drug-likeness (QED) is 0.521. The lowest BCUT2D eigenvalue weighted by Crippen LogP contribution is -2.25. The Labute approximate surface area is 184 Å². The molecule has 5 heteroatoms. The van der Waals surface area contributed by atoms with Crippen molar-refractivity contribution in [3.05, 3.63) is 53.6 Å². The Morgan fingerprint density at radius 1 is 1.07 bits per heavy atom. The van der Waals surface area contributed by atoms with Crippen LogP contribution in [0.1, 0.15) is 57.1 Å². The monoisotopic (exact) mass is 424 g/mol. The first kappa shape index (κ1) is 22.4. The lowest BCUT2D eigenvalue weighted by atomic mass is 9.88.